The van der Waals surface area contributed by atoms with E-state index in [1.807, 2.05) is 13.0 Å². The van der Waals surface area contributed by atoms with E-state index >= 15 is 0 Å². The van der Waals surface area contributed by atoms with E-state index < -0.39 is 6.10 Å². The number of benzene rings is 1. The van der Waals surface area contributed by atoms with Crippen molar-refractivity contribution in [3.8, 4) is 11.5 Å². The number of methoxy groups -OCH3 is 1. The van der Waals surface area contributed by atoms with Crippen molar-refractivity contribution in [1.82, 2.24) is 5.32 Å². The first-order chi connectivity index (χ1) is 16.9. The first kappa shape index (κ1) is 26.2. The zero-order valence-corrected chi connectivity index (χ0v) is 21.4. The van der Waals surface area contributed by atoms with Crippen LogP contribution in [0.15, 0.2) is 12.1 Å². The van der Waals surface area contributed by atoms with Gasteiger partial charge in [-0.25, -0.2) is 0 Å². The summed E-state index contributed by atoms with van der Waals surface area (Å²) < 4.78 is 5.24. The highest BCUT2D eigenvalue weighted by molar-refractivity contribution is 5.82. The van der Waals surface area contributed by atoms with Crippen molar-refractivity contribution < 1.29 is 24.5 Å². The van der Waals surface area contributed by atoms with Crippen LogP contribution in [0.4, 0.5) is 0 Å². The fraction of sp³-hybridized carbons (Fsp3) is 0.724. The van der Waals surface area contributed by atoms with Gasteiger partial charge >= 0.3 is 0 Å². The molecule has 2 aliphatic carbocycles. The van der Waals surface area contributed by atoms with Gasteiger partial charge in [0.15, 0.2) is 11.5 Å². The highest BCUT2D eigenvalue weighted by Crippen LogP contribution is 2.38. The van der Waals surface area contributed by atoms with Crippen molar-refractivity contribution in [3.05, 3.63) is 23.3 Å². The average molecular weight is 486 g/mol. The van der Waals surface area contributed by atoms with Crippen LogP contribution in [0.25, 0.3) is 0 Å². The molecule has 3 N–H and O–H groups in total. The number of ketones is 2. The Kier molecular flexibility index (Phi) is 8.87. The molecule has 6 atom stereocenters. The van der Waals surface area contributed by atoms with Gasteiger partial charge in [0.2, 0.25) is 0 Å². The minimum atomic E-state index is -0.542. The van der Waals surface area contributed by atoms with Gasteiger partial charge in [-0.2, -0.15) is 0 Å². The number of rotatable bonds is 9. The summed E-state index contributed by atoms with van der Waals surface area (Å²) in [5.41, 5.74) is 2.06. The lowest BCUT2D eigenvalue weighted by Gasteiger charge is -2.40. The third kappa shape index (κ3) is 6.45. The lowest BCUT2D eigenvalue weighted by Crippen LogP contribution is -2.48. The molecule has 3 aliphatic rings. The van der Waals surface area contributed by atoms with Gasteiger partial charge in [-0.1, -0.05) is 13.3 Å². The summed E-state index contributed by atoms with van der Waals surface area (Å²) in [5, 5.41) is 24.5. The SMILES string of the molecule is CCc1cc(O)c(OC)cc1CCC(=O)[C@H]1CC[C@H](CC[C@@H]2CN[C@@H]3CC(=O)CC[C@@H]3C2)C[C@H]1O. The van der Waals surface area contributed by atoms with Crippen LogP contribution in [0, 0.1) is 23.7 Å². The third-order valence-electron chi connectivity index (χ3n) is 8.96. The van der Waals surface area contributed by atoms with Crippen molar-refractivity contribution >= 4 is 11.6 Å². The predicted molar refractivity (Wildman–Crippen MR) is 136 cm³/mol. The zero-order chi connectivity index (χ0) is 24.9. The Morgan fingerprint density at radius 3 is 2.66 bits per heavy atom. The van der Waals surface area contributed by atoms with E-state index in [0.717, 1.165) is 62.6 Å². The maximum atomic E-state index is 13.0. The molecule has 1 heterocycles. The number of aliphatic hydroxyl groups is 1. The number of nitrogens with one attached hydrogen (secondary N) is 1. The normalized spacial score (nSPS) is 31.1. The number of ether oxygens (including phenoxy) is 1. The number of fused-ring (bicyclic) bond motifs is 1. The van der Waals surface area contributed by atoms with Crippen LogP contribution in [0.5, 0.6) is 11.5 Å². The van der Waals surface area contributed by atoms with Crippen LogP contribution >= 0.6 is 0 Å². The minimum Gasteiger partial charge on any atom is -0.504 e. The number of phenols is 1. The number of aliphatic hydroxyl groups excluding tert-OH is 1. The van der Waals surface area contributed by atoms with E-state index in [1.54, 1.807) is 6.07 Å². The summed E-state index contributed by atoms with van der Waals surface area (Å²) in [4.78, 5) is 24.7. The molecule has 0 spiro atoms. The minimum absolute atomic E-state index is 0.130. The van der Waals surface area contributed by atoms with Gasteiger partial charge in [0.05, 0.1) is 13.2 Å². The number of carbonyl (C=O) groups is 2. The Labute approximate surface area is 209 Å². The van der Waals surface area contributed by atoms with E-state index in [2.05, 4.69) is 5.32 Å². The number of aryl methyl sites for hydroxylation is 2. The van der Waals surface area contributed by atoms with E-state index in [1.165, 1.54) is 20.0 Å². The molecule has 6 nitrogen and oxygen atoms in total. The number of Topliss-reactive ketones (excluding diaryl/α,β-unsaturated/α-hetero) is 2. The Bertz CT molecular complexity index is 899. The highest BCUT2D eigenvalue weighted by atomic mass is 16.5. The van der Waals surface area contributed by atoms with Crippen LogP contribution in [0.3, 0.4) is 0 Å². The van der Waals surface area contributed by atoms with Gasteiger partial charge < -0.3 is 20.3 Å². The number of phenolic OH excluding ortho intramolecular Hbond substituents is 1. The molecule has 1 aromatic carbocycles. The molecule has 6 heteroatoms. The largest absolute Gasteiger partial charge is 0.504 e. The average Bonchev–Trinajstić information content (AvgIpc) is 2.86. The number of piperidine rings is 1. The van der Waals surface area contributed by atoms with Gasteiger partial charge in [0, 0.05) is 31.2 Å². The van der Waals surface area contributed by atoms with Gasteiger partial charge in [-0.3, -0.25) is 9.59 Å². The van der Waals surface area contributed by atoms with Crippen molar-refractivity contribution in [2.75, 3.05) is 13.7 Å². The van der Waals surface area contributed by atoms with Crippen LogP contribution in [-0.4, -0.2) is 47.6 Å². The standard InChI is InChI=1S/C29H43NO5/c1-3-20-14-28(34)29(35-2)15-21(20)8-11-26(32)24-10-6-18(13-27(24)33)4-5-19-12-22-7-9-23(31)16-25(22)30-17-19/h14-15,18-19,22,24-25,27,30,33-34H,3-13,16-17H2,1-2H3/t18-,19-,22+,24+,25+,27+/m0/s1. The van der Waals surface area contributed by atoms with Crippen LogP contribution < -0.4 is 10.1 Å². The maximum Gasteiger partial charge on any atom is 0.160 e. The molecule has 2 saturated carbocycles. The molecular formula is C29H43NO5. The smallest absolute Gasteiger partial charge is 0.160 e. The lowest BCUT2D eigenvalue weighted by molar-refractivity contribution is -0.128. The van der Waals surface area contributed by atoms with Crippen molar-refractivity contribution in [2.45, 2.75) is 96.1 Å². The molecule has 0 bridgehead atoms. The van der Waals surface area contributed by atoms with Gasteiger partial charge in [-0.15, -0.1) is 0 Å². The first-order valence-electron chi connectivity index (χ1n) is 13.7. The molecule has 3 fully saturated rings. The number of carbonyl (C=O) groups excluding carboxylic acids is 2. The zero-order valence-electron chi connectivity index (χ0n) is 21.4. The molecule has 0 aromatic heterocycles. The summed E-state index contributed by atoms with van der Waals surface area (Å²) in [6.45, 7) is 3.04. The molecule has 1 aliphatic heterocycles. The quantitative estimate of drug-likeness (QED) is 0.481. The Hall–Kier alpha value is -1.92. The van der Waals surface area contributed by atoms with E-state index in [-0.39, 0.29) is 17.5 Å². The summed E-state index contributed by atoms with van der Waals surface area (Å²) in [7, 11) is 1.53. The fourth-order valence-corrected chi connectivity index (χ4v) is 6.79. The molecule has 0 unspecified atom stereocenters. The summed E-state index contributed by atoms with van der Waals surface area (Å²) in [5.74, 6) is 2.67. The van der Waals surface area contributed by atoms with Crippen molar-refractivity contribution in [1.29, 1.82) is 0 Å². The summed E-state index contributed by atoms with van der Waals surface area (Å²) in [6.07, 6.45) is 9.78. The molecule has 0 amide bonds. The molecular weight excluding hydrogens is 442 g/mol. The number of hydrogen-bond donors (Lipinski definition) is 3. The third-order valence-corrected chi connectivity index (χ3v) is 8.96. The lowest BCUT2D eigenvalue weighted by atomic mass is 9.72. The molecule has 1 saturated heterocycles. The first-order valence-corrected chi connectivity index (χ1v) is 13.7. The number of hydrogen-bond acceptors (Lipinski definition) is 6. The second kappa shape index (κ2) is 11.9. The maximum absolute atomic E-state index is 13.0. The second-order valence-electron chi connectivity index (χ2n) is 11.2. The van der Waals surface area contributed by atoms with Gasteiger partial charge in [0.1, 0.15) is 11.6 Å². The topological polar surface area (TPSA) is 95.9 Å². The Balaban J connectivity index is 1.22. The molecule has 1 aromatic rings. The van der Waals surface area contributed by atoms with E-state index in [4.69, 9.17) is 4.74 Å². The Morgan fingerprint density at radius 1 is 1.11 bits per heavy atom. The van der Waals surface area contributed by atoms with Gasteiger partial charge in [-0.05, 0) is 98.9 Å². The molecule has 194 valence electrons. The fourth-order valence-electron chi connectivity index (χ4n) is 6.79. The summed E-state index contributed by atoms with van der Waals surface area (Å²) >= 11 is 0. The molecule has 35 heavy (non-hydrogen) atoms. The van der Waals surface area contributed by atoms with Crippen LogP contribution in [0.2, 0.25) is 0 Å². The highest BCUT2D eigenvalue weighted by Gasteiger charge is 2.36. The van der Waals surface area contributed by atoms with Crippen molar-refractivity contribution in [3.63, 3.8) is 0 Å². The predicted octanol–water partition coefficient (Wildman–Crippen LogP) is 4.37. The van der Waals surface area contributed by atoms with Crippen LogP contribution in [-0.2, 0) is 22.4 Å². The van der Waals surface area contributed by atoms with E-state index in [9.17, 15) is 19.8 Å². The van der Waals surface area contributed by atoms with Gasteiger partial charge in [0.25, 0.3) is 0 Å². The Morgan fingerprint density at radius 2 is 1.91 bits per heavy atom. The van der Waals surface area contributed by atoms with Crippen molar-refractivity contribution in [2.24, 2.45) is 23.7 Å². The number of aromatic hydroxyl groups is 1. The summed E-state index contributed by atoms with van der Waals surface area (Å²) in [6, 6.07) is 3.96. The van der Waals surface area contributed by atoms with E-state index in [0.29, 0.717) is 54.6 Å². The second-order valence-corrected chi connectivity index (χ2v) is 11.2. The molecule has 4 rings (SSSR count). The van der Waals surface area contributed by atoms with Crippen LogP contribution in [0.1, 0.15) is 82.3 Å². The monoisotopic (exact) mass is 485 g/mol. The molecule has 0 radical (unpaired) electrons.